The predicted octanol–water partition coefficient (Wildman–Crippen LogP) is -0.496. The second kappa shape index (κ2) is 4.99. The monoisotopic (exact) mass is 267 g/mol. The SMILES string of the molecule is C=C=C1[C@H](n2ccc(N)nc2=O)S[C@H](CO)[C@H]1O. The van der Waals surface area contributed by atoms with Gasteiger partial charge in [0.2, 0.25) is 0 Å². The van der Waals surface area contributed by atoms with Gasteiger partial charge in [-0.3, -0.25) is 4.57 Å². The molecule has 0 bridgehead atoms. The van der Waals surface area contributed by atoms with Gasteiger partial charge in [0.1, 0.15) is 11.2 Å². The highest BCUT2D eigenvalue weighted by Gasteiger charge is 2.39. The molecular weight excluding hydrogens is 254 g/mol. The van der Waals surface area contributed by atoms with E-state index in [0.717, 1.165) is 0 Å². The lowest BCUT2D eigenvalue weighted by molar-refractivity contribution is 0.171. The molecule has 2 heterocycles. The number of nitrogens with zero attached hydrogens (tertiary/aromatic N) is 2. The average Bonchev–Trinajstić information content (AvgIpc) is 2.65. The lowest BCUT2D eigenvalue weighted by Crippen LogP contribution is -2.26. The van der Waals surface area contributed by atoms with Crippen molar-refractivity contribution in [1.29, 1.82) is 0 Å². The fourth-order valence-corrected chi connectivity index (χ4v) is 3.19. The number of rotatable bonds is 2. The van der Waals surface area contributed by atoms with E-state index in [1.165, 1.54) is 28.6 Å². The Kier molecular flexibility index (Phi) is 3.58. The minimum absolute atomic E-state index is 0.141. The molecule has 1 saturated heterocycles. The number of aliphatic hydroxyl groups is 2. The number of aromatic nitrogens is 2. The Morgan fingerprint density at radius 3 is 2.94 bits per heavy atom. The molecule has 0 aromatic carbocycles. The number of nitrogen functional groups attached to an aromatic ring is 1. The molecule has 18 heavy (non-hydrogen) atoms. The zero-order valence-corrected chi connectivity index (χ0v) is 10.3. The molecule has 7 heteroatoms. The summed E-state index contributed by atoms with van der Waals surface area (Å²) in [5, 5.41) is 18.2. The Labute approximate surface area is 107 Å². The summed E-state index contributed by atoms with van der Waals surface area (Å²) in [6.45, 7) is 3.32. The molecule has 1 aliphatic heterocycles. The molecule has 6 nitrogen and oxygen atoms in total. The van der Waals surface area contributed by atoms with Crippen LogP contribution in [0.2, 0.25) is 0 Å². The summed E-state index contributed by atoms with van der Waals surface area (Å²) in [6, 6.07) is 1.50. The van der Waals surface area contributed by atoms with Crippen molar-refractivity contribution >= 4 is 17.6 Å². The van der Waals surface area contributed by atoms with Crippen LogP contribution < -0.4 is 11.4 Å². The van der Waals surface area contributed by atoms with Crippen LogP contribution in [-0.4, -0.2) is 37.7 Å². The van der Waals surface area contributed by atoms with Crippen LogP contribution >= 0.6 is 11.8 Å². The third-order valence-corrected chi connectivity index (χ3v) is 4.22. The molecule has 0 radical (unpaired) electrons. The van der Waals surface area contributed by atoms with E-state index in [0.29, 0.717) is 5.57 Å². The van der Waals surface area contributed by atoms with Crippen molar-refractivity contribution < 1.29 is 10.2 Å². The van der Waals surface area contributed by atoms with Gasteiger partial charge < -0.3 is 15.9 Å². The van der Waals surface area contributed by atoms with Crippen molar-refractivity contribution in [2.24, 2.45) is 0 Å². The van der Waals surface area contributed by atoms with E-state index in [1.54, 1.807) is 0 Å². The van der Waals surface area contributed by atoms with E-state index >= 15 is 0 Å². The van der Waals surface area contributed by atoms with Crippen molar-refractivity contribution in [3.05, 3.63) is 40.6 Å². The molecule has 0 spiro atoms. The first kappa shape index (κ1) is 12.9. The summed E-state index contributed by atoms with van der Waals surface area (Å²) >= 11 is 1.27. The molecule has 96 valence electrons. The summed E-state index contributed by atoms with van der Waals surface area (Å²) in [4.78, 5) is 15.4. The maximum Gasteiger partial charge on any atom is 0.350 e. The molecule has 1 aromatic heterocycles. The number of hydrogen-bond acceptors (Lipinski definition) is 6. The number of nitrogens with two attached hydrogens (primary N) is 1. The van der Waals surface area contributed by atoms with Crippen LogP contribution in [0.15, 0.2) is 34.9 Å². The topological polar surface area (TPSA) is 101 Å². The van der Waals surface area contributed by atoms with Gasteiger partial charge in [-0.05, 0) is 6.07 Å². The van der Waals surface area contributed by atoms with E-state index in [4.69, 9.17) is 10.8 Å². The third kappa shape index (κ3) is 2.09. The second-order valence-corrected chi connectivity index (χ2v) is 5.15. The molecule has 0 saturated carbocycles. The summed E-state index contributed by atoms with van der Waals surface area (Å²) in [7, 11) is 0. The zero-order valence-electron chi connectivity index (χ0n) is 9.48. The lowest BCUT2D eigenvalue weighted by atomic mass is 10.1. The maximum absolute atomic E-state index is 11.7. The molecule has 1 aliphatic rings. The average molecular weight is 267 g/mol. The van der Waals surface area contributed by atoms with Crippen LogP contribution in [0.1, 0.15) is 5.37 Å². The summed E-state index contributed by atoms with van der Waals surface area (Å²) in [5.74, 6) is 0.141. The minimum Gasteiger partial charge on any atom is -0.395 e. The van der Waals surface area contributed by atoms with Crippen LogP contribution in [0.4, 0.5) is 5.82 Å². The summed E-state index contributed by atoms with van der Waals surface area (Å²) in [5.41, 5.74) is 8.01. The molecule has 0 amide bonds. The molecular formula is C11H13N3O3S. The molecule has 0 unspecified atom stereocenters. The van der Waals surface area contributed by atoms with Crippen LogP contribution in [0.5, 0.6) is 0 Å². The van der Waals surface area contributed by atoms with Crippen molar-refractivity contribution in [3.8, 4) is 0 Å². The molecule has 4 N–H and O–H groups in total. The smallest absolute Gasteiger partial charge is 0.350 e. The lowest BCUT2D eigenvalue weighted by Gasteiger charge is -2.13. The predicted molar refractivity (Wildman–Crippen MR) is 69.1 cm³/mol. The van der Waals surface area contributed by atoms with Gasteiger partial charge in [-0.1, -0.05) is 6.58 Å². The maximum atomic E-state index is 11.7. The summed E-state index contributed by atoms with van der Waals surface area (Å²) in [6.07, 6.45) is 0.638. The number of thioether (sulfide) groups is 1. The van der Waals surface area contributed by atoms with E-state index in [-0.39, 0.29) is 12.4 Å². The van der Waals surface area contributed by atoms with E-state index in [2.05, 4.69) is 17.3 Å². The van der Waals surface area contributed by atoms with Gasteiger partial charge >= 0.3 is 5.69 Å². The van der Waals surface area contributed by atoms with E-state index in [1.807, 2.05) is 0 Å². The van der Waals surface area contributed by atoms with Gasteiger partial charge in [0, 0.05) is 11.8 Å². The van der Waals surface area contributed by atoms with Gasteiger partial charge in [-0.15, -0.1) is 17.5 Å². The summed E-state index contributed by atoms with van der Waals surface area (Å²) < 4.78 is 1.34. The Morgan fingerprint density at radius 1 is 1.67 bits per heavy atom. The van der Waals surface area contributed by atoms with Gasteiger partial charge in [0.15, 0.2) is 0 Å². The number of anilines is 1. The third-order valence-electron chi connectivity index (χ3n) is 2.73. The van der Waals surface area contributed by atoms with E-state index in [9.17, 15) is 9.90 Å². The fraction of sp³-hybridized carbons (Fsp3) is 0.364. The first-order valence-corrected chi connectivity index (χ1v) is 6.21. The van der Waals surface area contributed by atoms with Crippen LogP contribution in [-0.2, 0) is 0 Å². The van der Waals surface area contributed by atoms with E-state index < -0.39 is 22.4 Å². The first-order chi connectivity index (χ1) is 8.58. The van der Waals surface area contributed by atoms with Crippen molar-refractivity contribution in [2.45, 2.75) is 16.7 Å². The Bertz CT molecular complexity index is 565. The Morgan fingerprint density at radius 2 is 2.39 bits per heavy atom. The molecule has 1 fully saturated rings. The Hall–Kier alpha value is -1.53. The molecule has 1 aromatic rings. The number of hydrogen-bond donors (Lipinski definition) is 3. The zero-order chi connectivity index (χ0) is 13.3. The highest BCUT2D eigenvalue weighted by Crippen LogP contribution is 2.44. The van der Waals surface area contributed by atoms with Crippen molar-refractivity contribution in [2.75, 3.05) is 12.3 Å². The molecule has 2 rings (SSSR count). The number of aliphatic hydroxyl groups excluding tert-OH is 2. The van der Waals surface area contributed by atoms with Crippen molar-refractivity contribution in [1.82, 2.24) is 9.55 Å². The largest absolute Gasteiger partial charge is 0.395 e. The normalized spacial score (nSPS) is 27.2. The van der Waals surface area contributed by atoms with Crippen LogP contribution in [0.3, 0.4) is 0 Å². The Balaban J connectivity index is 2.45. The quantitative estimate of drug-likeness (QED) is 0.625. The highest BCUT2D eigenvalue weighted by atomic mass is 32.2. The van der Waals surface area contributed by atoms with Gasteiger partial charge in [0.25, 0.3) is 0 Å². The minimum atomic E-state index is -0.869. The molecule has 0 aliphatic carbocycles. The van der Waals surface area contributed by atoms with Gasteiger partial charge in [-0.25, -0.2) is 4.79 Å². The van der Waals surface area contributed by atoms with Crippen molar-refractivity contribution in [3.63, 3.8) is 0 Å². The molecule has 3 atom stereocenters. The second-order valence-electron chi connectivity index (χ2n) is 3.83. The highest BCUT2D eigenvalue weighted by molar-refractivity contribution is 8.00. The van der Waals surface area contributed by atoms with Gasteiger partial charge in [-0.2, -0.15) is 4.98 Å². The van der Waals surface area contributed by atoms with Crippen LogP contribution in [0, 0.1) is 0 Å². The van der Waals surface area contributed by atoms with Crippen LogP contribution in [0.25, 0.3) is 0 Å². The van der Waals surface area contributed by atoms with Gasteiger partial charge in [0.05, 0.1) is 18.0 Å². The standard InChI is InChI=1S/C11H13N3O3S/c1-2-6-9(16)7(5-15)18-10(6)14-4-3-8(12)13-11(14)17/h3-4,7,9-10,15-16H,1,5H2,(H2,12,13,17)/t7-,9+,10-/m1/s1. The first-order valence-electron chi connectivity index (χ1n) is 5.27. The fourth-order valence-electron chi connectivity index (χ4n) is 1.81.